The molecule has 1 aliphatic rings. The van der Waals surface area contributed by atoms with E-state index in [1.165, 1.54) is 0 Å². The Balaban J connectivity index is 2.64. The second kappa shape index (κ2) is 3.62. The molecule has 0 aliphatic carbocycles. The molecule has 1 N–H and O–H groups in total. The number of allylic oxidation sites excluding steroid dienone is 1. The molecule has 1 rings (SSSR count). The Morgan fingerprint density at radius 3 is 3.00 bits per heavy atom. The molecule has 60 valence electrons. The number of hydrogen-bond donors (Lipinski definition) is 1. The van der Waals surface area contributed by atoms with Crippen LogP contribution in [-0.4, -0.2) is 16.9 Å². The molecule has 1 unspecified atom stereocenters. The zero-order valence-electron chi connectivity index (χ0n) is 6.79. The van der Waals surface area contributed by atoms with E-state index in [4.69, 9.17) is 12.2 Å². The van der Waals surface area contributed by atoms with Crippen molar-refractivity contribution in [3.8, 4) is 0 Å². The summed E-state index contributed by atoms with van der Waals surface area (Å²) < 4.78 is 0. The van der Waals surface area contributed by atoms with E-state index in [0.29, 0.717) is 11.2 Å². The topological polar surface area (TPSA) is 24.4 Å². The fourth-order valence-electron chi connectivity index (χ4n) is 1.13. The number of aliphatic imine (C=N–C) groups is 1. The Bertz CT molecular complexity index is 218. The molecule has 3 heteroatoms. The predicted molar refractivity (Wildman–Crippen MR) is 52.1 cm³/mol. The molecule has 0 amide bonds. The second-order valence-corrected chi connectivity index (χ2v) is 3.02. The standard InChI is InChI=1S/C8H12N2S/c1-3-4-7-5-6(2)9-8(11)10-7/h3-4,7H,5H2,1-2H3,(H,10,11). The van der Waals surface area contributed by atoms with Crippen LogP contribution >= 0.6 is 12.2 Å². The van der Waals surface area contributed by atoms with Gasteiger partial charge in [0.1, 0.15) is 0 Å². The van der Waals surface area contributed by atoms with Gasteiger partial charge in [0.2, 0.25) is 0 Å². The minimum atomic E-state index is 0.352. The van der Waals surface area contributed by atoms with Gasteiger partial charge in [0.15, 0.2) is 5.11 Å². The lowest BCUT2D eigenvalue weighted by molar-refractivity contribution is 0.743. The molecule has 0 aromatic carbocycles. The van der Waals surface area contributed by atoms with E-state index in [2.05, 4.69) is 16.4 Å². The molecule has 0 saturated heterocycles. The summed E-state index contributed by atoms with van der Waals surface area (Å²) in [5.41, 5.74) is 1.11. The fourth-order valence-corrected chi connectivity index (χ4v) is 1.43. The molecule has 0 aromatic heterocycles. The van der Waals surface area contributed by atoms with Crippen molar-refractivity contribution in [2.45, 2.75) is 26.3 Å². The summed E-state index contributed by atoms with van der Waals surface area (Å²) in [6.45, 7) is 4.01. The summed E-state index contributed by atoms with van der Waals surface area (Å²) in [6.07, 6.45) is 5.09. The maximum Gasteiger partial charge on any atom is 0.193 e. The fraction of sp³-hybridized carbons (Fsp3) is 0.500. The average Bonchev–Trinajstić information content (AvgIpc) is 1.85. The lowest BCUT2D eigenvalue weighted by Gasteiger charge is -2.19. The van der Waals surface area contributed by atoms with Gasteiger partial charge >= 0.3 is 0 Å². The molecule has 0 spiro atoms. The summed E-state index contributed by atoms with van der Waals surface area (Å²) in [4.78, 5) is 4.12. The van der Waals surface area contributed by atoms with Crippen LogP contribution in [0.15, 0.2) is 17.1 Å². The van der Waals surface area contributed by atoms with Crippen LogP contribution in [0.3, 0.4) is 0 Å². The molecule has 1 heterocycles. The van der Waals surface area contributed by atoms with Crippen LogP contribution in [0.2, 0.25) is 0 Å². The molecular weight excluding hydrogens is 156 g/mol. The lowest BCUT2D eigenvalue weighted by Crippen LogP contribution is -2.37. The SMILES string of the molecule is CC=CC1CC(C)=NC(=S)N1. The van der Waals surface area contributed by atoms with Gasteiger partial charge in [-0.15, -0.1) is 0 Å². The Morgan fingerprint density at radius 1 is 1.73 bits per heavy atom. The van der Waals surface area contributed by atoms with Crippen molar-refractivity contribution in [2.24, 2.45) is 4.99 Å². The van der Waals surface area contributed by atoms with E-state index in [9.17, 15) is 0 Å². The second-order valence-electron chi connectivity index (χ2n) is 2.63. The van der Waals surface area contributed by atoms with Crippen molar-refractivity contribution in [3.05, 3.63) is 12.2 Å². The highest BCUT2D eigenvalue weighted by atomic mass is 32.1. The third kappa shape index (κ3) is 2.42. The Labute approximate surface area is 72.4 Å². The third-order valence-corrected chi connectivity index (χ3v) is 1.75. The van der Waals surface area contributed by atoms with Crippen molar-refractivity contribution in [2.75, 3.05) is 0 Å². The smallest absolute Gasteiger partial charge is 0.193 e. The molecule has 0 fully saturated rings. The Hall–Kier alpha value is -0.700. The Kier molecular flexibility index (Phi) is 2.76. The van der Waals surface area contributed by atoms with Crippen LogP contribution in [0.25, 0.3) is 0 Å². The molecule has 0 radical (unpaired) electrons. The normalized spacial score (nSPS) is 25.1. The minimum Gasteiger partial charge on any atom is -0.354 e. The maximum atomic E-state index is 4.94. The largest absolute Gasteiger partial charge is 0.354 e. The highest BCUT2D eigenvalue weighted by Gasteiger charge is 2.12. The number of nitrogens with zero attached hydrogens (tertiary/aromatic N) is 1. The van der Waals surface area contributed by atoms with Gasteiger partial charge in [0, 0.05) is 12.1 Å². The number of thiocarbonyl (C=S) groups is 1. The van der Waals surface area contributed by atoms with E-state index in [1.54, 1.807) is 0 Å². The monoisotopic (exact) mass is 168 g/mol. The zero-order valence-corrected chi connectivity index (χ0v) is 7.61. The van der Waals surface area contributed by atoms with Crippen LogP contribution in [-0.2, 0) is 0 Å². The van der Waals surface area contributed by atoms with Crippen molar-refractivity contribution in [1.82, 2.24) is 5.32 Å². The molecular formula is C8H12N2S. The molecule has 0 aromatic rings. The van der Waals surface area contributed by atoms with Gasteiger partial charge in [0.05, 0.1) is 6.04 Å². The number of nitrogens with one attached hydrogen (secondary N) is 1. The zero-order chi connectivity index (χ0) is 8.27. The van der Waals surface area contributed by atoms with Crippen LogP contribution in [0.4, 0.5) is 0 Å². The van der Waals surface area contributed by atoms with Crippen molar-refractivity contribution in [1.29, 1.82) is 0 Å². The quantitative estimate of drug-likeness (QED) is 0.476. The van der Waals surface area contributed by atoms with E-state index in [-0.39, 0.29) is 0 Å². The first kappa shape index (κ1) is 8.40. The van der Waals surface area contributed by atoms with Crippen LogP contribution in [0, 0.1) is 0 Å². The van der Waals surface area contributed by atoms with Gasteiger partial charge in [-0.05, 0) is 26.1 Å². The summed E-state index contributed by atoms with van der Waals surface area (Å²) in [6, 6.07) is 0.352. The highest BCUT2D eigenvalue weighted by Crippen LogP contribution is 2.03. The predicted octanol–water partition coefficient (Wildman–Crippen LogP) is 1.67. The first-order valence-electron chi connectivity index (χ1n) is 3.70. The van der Waals surface area contributed by atoms with Gasteiger partial charge in [-0.2, -0.15) is 0 Å². The van der Waals surface area contributed by atoms with Gasteiger partial charge < -0.3 is 5.32 Å². The Morgan fingerprint density at radius 2 is 2.45 bits per heavy atom. The summed E-state index contributed by atoms with van der Waals surface area (Å²) >= 11 is 4.94. The lowest BCUT2D eigenvalue weighted by atomic mass is 10.1. The van der Waals surface area contributed by atoms with Gasteiger partial charge in [-0.3, -0.25) is 0 Å². The van der Waals surface area contributed by atoms with Crippen molar-refractivity contribution < 1.29 is 0 Å². The minimum absolute atomic E-state index is 0.352. The van der Waals surface area contributed by atoms with E-state index < -0.39 is 0 Å². The van der Waals surface area contributed by atoms with Crippen LogP contribution < -0.4 is 5.32 Å². The maximum absolute atomic E-state index is 4.94. The van der Waals surface area contributed by atoms with Crippen molar-refractivity contribution >= 4 is 23.0 Å². The number of hydrogen-bond acceptors (Lipinski definition) is 1. The molecule has 1 atom stereocenters. The molecule has 0 saturated carbocycles. The molecule has 1 aliphatic heterocycles. The van der Waals surface area contributed by atoms with Crippen LogP contribution in [0.5, 0.6) is 0 Å². The summed E-state index contributed by atoms with van der Waals surface area (Å²) in [7, 11) is 0. The van der Waals surface area contributed by atoms with Gasteiger partial charge in [0.25, 0.3) is 0 Å². The molecule has 11 heavy (non-hydrogen) atoms. The van der Waals surface area contributed by atoms with E-state index in [0.717, 1.165) is 12.1 Å². The third-order valence-electron chi connectivity index (χ3n) is 1.54. The molecule has 2 nitrogen and oxygen atoms in total. The van der Waals surface area contributed by atoms with Crippen molar-refractivity contribution in [3.63, 3.8) is 0 Å². The first-order chi connectivity index (χ1) is 5.22. The van der Waals surface area contributed by atoms with Gasteiger partial charge in [-0.1, -0.05) is 12.2 Å². The molecule has 0 bridgehead atoms. The van der Waals surface area contributed by atoms with E-state index >= 15 is 0 Å². The van der Waals surface area contributed by atoms with Crippen LogP contribution in [0.1, 0.15) is 20.3 Å². The van der Waals surface area contributed by atoms with Gasteiger partial charge in [-0.25, -0.2) is 4.99 Å². The highest BCUT2D eigenvalue weighted by molar-refractivity contribution is 7.80. The average molecular weight is 168 g/mol. The first-order valence-corrected chi connectivity index (χ1v) is 4.10. The summed E-state index contributed by atoms with van der Waals surface area (Å²) in [5.74, 6) is 0. The number of rotatable bonds is 1. The van der Waals surface area contributed by atoms with E-state index in [1.807, 2.05) is 19.9 Å². The summed E-state index contributed by atoms with van der Waals surface area (Å²) in [5, 5.41) is 3.71.